The number of esters is 2. The van der Waals surface area contributed by atoms with Crippen molar-refractivity contribution in [2.75, 3.05) is 47.5 Å². The Morgan fingerprint density at radius 1 is 0.457 bits per heavy atom. The van der Waals surface area contributed by atoms with E-state index in [4.69, 9.17) is 18.5 Å². The lowest BCUT2D eigenvalue weighted by molar-refractivity contribution is -0.870. The molecule has 0 saturated heterocycles. The van der Waals surface area contributed by atoms with Crippen LogP contribution in [-0.2, 0) is 32.7 Å². The fourth-order valence-corrected chi connectivity index (χ4v) is 7.24. The lowest BCUT2D eigenvalue weighted by Gasteiger charge is -2.28. The predicted molar refractivity (Wildman–Crippen MR) is 295 cm³/mol. The van der Waals surface area contributed by atoms with Gasteiger partial charge in [-0.1, -0.05) is 192 Å². The van der Waals surface area contributed by atoms with Crippen LogP contribution in [0.5, 0.6) is 0 Å². The molecule has 2 unspecified atom stereocenters. The van der Waals surface area contributed by atoms with Crippen LogP contribution in [0.15, 0.2) is 134 Å². The zero-order valence-electron chi connectivity index (χ0n) is 44.7. The minimum atomic E-state index is -4.66. The molecule has 0 aromatic heterocycles. The Hall–Kier alpha value is -3.85. The van der Waals surface area contributed by atoms with Crippen molar-refractivity contribution in [3.05, 3.63) is 134 Å². The number of ether oxygens (including phenoxy) is 2. The number of nitrogens with zero attached hydrogens (tertiary/aromatic N) is 1. The molecule has 10 heteroatoms. The van der Waals surface area contributed by atoms with Gasteiger partial charge in [-0.3, -0.25) is 14.2 Å². The van der Waals surface area contributed by atoms with Gasteiger partial charge in [0.15, 0.2) is 6.10 Å². The number of quaternary nitrogens is 1. The molecule has 2 atom stereocenters. The van der Waals surface area contributed by atoms with Crippen LogP contribution in [0.1, 0.15) is 181 Å². The third-order valence-corrected chi connectivity index (χ3v) is 11.6. The highest BCUT2D eigenvalue weighted by atomic mass is 31.2. The molecule has 0 N–H and O–H groups in total. The number of hydrogen-bond donors (Lipinski definition) is 0. The number of unbranched alkanes of at least 4 members (excludes halogenated alkanes) is 11. The Bertz CT molecular complexity index is 1640. The Morgan fingerprint density at radius 3 is 1.26 bits per heavy atom. The van der Waals surface area contributed by atoms with Gasteiger partial charge in [0.05, 0.1) is 27.7 Å². The molecule has 0 aliphatic rings. The van der Waals surface area contributed by atoms with E-state index in [9.17, 15) is 19.0 Å². The van der Waals surface area contributed by atoms with Gasteiger partial charge in [0.25, 0.3) is 7.82 Å². The van der Waals surface area contributed by atoms with Gasteiger partial charge >= 0.3 is 11.9 Å². The van der Waals surface area contributed by atoms with E-state index in [-0.39, 0.29) is 26.1 Å². The lowest BCUT2D eigenvalue weighted by Crippen LogP contribution is -2.37. The van der Waals surface area contributed by atoms with E-state index in [0.717, 1.165) is 89.9 Å². The zero-order chi connectivity index (χ0) is 51.3. The average molecular weight is 992 g/mol. The van der Waals surface area contributed by atoms with E-state index in [1.165, 1.54) is 44.9 Å². The monoisotopic (exact) mass is 992 g/mol. The predicted octanol–water partition coefficient (Wildman–Crippen LogP) is 15.9. The van der Waals surface area contributed by atoms with E-state index in [2.05, 4.69) is 141 Å². The molecule has 0 radical (unpaired) electrons. The maximum atomic E-state index is 12.7. The number of rotatable bonds is 47. The van der Waals surface area contributed by atoms with E-state index in [1.807, 2.05) is 27.2 Å². The molecule has 0 aromatic carbocycles. The maximum absolute atomic E-state index is 12.7. The molecular weight excluding hydrogens is 894 g/mol. The Morgan fingerprint density at radius 2 is 0.829 bits per heavy atom. The summed E-state index contributed by atoms with van der Waals surface area (Å²) in [4.78, 5) is 37.7. The molecule has 0 saturated carbocycles. The molecule has 0 amide bonds. The fourth-order valence-electron chi connectivity index (χ4n) is 6.51. The summed E-state index contributed by atoms with van der Waals surface area (Å²) in [6.45, 7) is 3.99. The van der Waals surface area contributed by atoms with Gasteiger partial charge in [-0.2, -0.15) is 0 Å². The normalized spacial score (nSPS) is 14.4. The molecule has 0 rings (SSSR count). The fraction of sp³-hybridized carbons (Fsp3) is 0.600. The van der Waals surface area contributed by atoms with E-state index in [0.29, 0.717) is 30.3 Å². The summed E-state index contributed by atoms with van der Waals surface area (Å²) < 4.78 is 34.0. The van der Waals surface area contributed by atoms with Gasteiger partial charge in [0.1, 0.15) is 19.8 Å². The SMILES string of the molecule is CC/C=C\C/C=C\C/C=C\C/C=C\C/C=C\C/C=C\C/C=C\C/C=C\C/C=C\CCCC(=O)OC(COC(=O)CCCCCCCCC/C=C\C/C=C\CCCCC)COP(=O)([O-])OCC[N+](C)(C)C. The first-order chi connectivity index (χ1) is 34.0. The Balaban J connectivity index is 4.39. The summed E-state index contributed by atoms with van der Waals surface area (Å²) in [6, 6.07) is 0. The highest BCUT2D eigenvalue weighted by molar-refractivity contribution is 7.45. The topological polar surface area (TPSA) is 111 Å². The number of likely N-dealkylation sites (N-methyl/N-ethyl adjacent to an activating group) is 1. The number of allylic oxidation sites excluding steroid dienone is 22. The molecule has 0 bridgehead atoms. The van der Waals surface area contributed by atoms with Crippen LogP contribution in [-0.4, -0.2) is 70.0 Å². The van der Waals surface area contributed by atoms with Gasteiger partial charge in [-0.15, -0.1) is 0 Å². The van der Waals surface area contributed by atoms with Gasteiger partial charge in [0, 0.05) is 12.8 Å². The minimum Gasteiger partial charge on any atom is -0.756 e. The highest BCUT2D eigenvalue weighted by Gasteiger charge is 2.21. The van der Waals surface area contributed by atoms with Gasteiger partial charge < -0.3 is 27.9 Å². The summed E-state index contributed by atoms with van der Waals surface area (Å²) in [5, 5.41) is 0. The minimum absolute atomic E-state index is 0.0511. The molecule has 0 aromatic rings. The van der Waals surface area contributed by atoms with Gasteiger partial charge in [-0.25, -0.2) is 0 Å². The van der Waals surface area contributed by atoms with Crippen molar-refractivity contribution < 1.29 is 42.1 Å². The third-order valence-electron chi connectivity index (χ3n) is 10.7. The van der Waals surface area contributed by atoms with Crippen molar-refractivity contribution in [2.45, 2.75) is 187 Å². The number of carbonyl (C=O) groups excluding carboxylic acids is 2. The average Bonchev–Trinajstić information content (AvgIpc) is 3.32. The first-order valence-corrected chi connectivity index (χ1v) is 28.4. The first-order valence-electron chi connectivity index (χ1n) is 26.9. The van der Waals surface area contributed by atoms with Crippen LogP contribution in [0, 0.1) is 0 Å². The number of hydrogen-bond acceptors (Lipinski definition) is 8. The van der Waals surface area contributed by atoms with Crippen LogP contribution in [0.25, 0.3) is 0 Å². The van der Waals surface area contributed by atoms with Crippen LogP contribution < -0.4 is 4.89 Å². The molecule has 0 aliphatic carbocycles. The van der Waals surface area contributed by atoms with Crippen molar-refractivity contribution in [2.24, 2.45) is 0 Å². The van der Waals surface area contributed by atoms with Crippen LogP contribution in [0.4, 0.5) is 0 Å². The Kier molecular flexibility index (Phi) is 47.3. The quantitative estimate of drug-likeness (QED) is 0.0195. The van der Waals surface area contributed by atoms with Crippen LogP contribution >= 0.6 is 7.82 Å². The first kappa shape index (κ1) is 66.2. The molecule has 0 fully saturated rings. The van der Waals surface area contributed by atoms with E-state index < -0.39 is 32.5 Å². The molecule has 0 heterocycles. The lowest BCUT2D eigenvalue weighted by atomic mass is 10.1. The number of carbonyl (C=O) groups is 2. The summed E-state index contributed by atoms with van der Waals surface area (Å²) in [6.07, 6.45) is 72.1. The van der Waals surface area contributed by atoms with Crippen LogP contribution in [0.2, 0.25) is 0 Å². The second kappa shape index (κ2) is 50.1. The Labute approximate surface area is 428 Å². The van der Waals surface area contributed by atoms with Gasteiger partial charge in [0.2, 0.25) is 0 Å². The zero-order valence-corrected chi connectivity index (χ0v) is 45.5. The van der Waals surface area contributed by atoms with Crippen molar-refractivity contribution in [3.63, 3.8) is 0 Å². The smallest absolute Gasteiger partial charge is 0.306 e. The standard InChI is InChI=1S/C60H98NO8P/c1-6-8-10-12-14-16-18-20-22-24-25-26-27-28-29-30-31-32-33-34-35-37-39-41-43-45-47-49-51-53-60(63)69-58(57-68-70(64,65)67-55-54-61(3,4)5)56-66-59(62)52-50-48-46-44-42-40-38-36-23-21-19-17-15-13-11-9-7-2/h8,10,14-17,20-23,25-26,28-29,31-32,34-35,39,41,45,47,58H,6-7,9,11-13,18-19,24,27,30,33,36-38,40,42-44,46,48-57H2,1-5H3/b10-8-,16-14-,17-15-,22-20-,23-21-,26-25-,29-28-,32-31-,35-34-,41-39-,47-45-. The third kappa shape index (κ3) is 53.5. The second-order valence-electron chi connectivity index (χ2n) is 18.5. The van der Waals surface area contributed by atoms with E-state index >= 15 is 0 Å². The molecule has 396 valence electrons. The number of phosphoric ester groups is 1. The van der Waals surface area contributed by atoms with Crippen LogP contribution in [0.3, 0.4) is 0 Å². The van der Waals surface area contributed by atoms with Crippen molar-refractivity contribution in [1.82, 2.24) is 0 Å². The summed E-state index contributed by atoms with van der Waals surface area (Å²) in [5.74, 6) is -0.925. The largest absolute Gasteiger partial charge is 0.756 e. The maximum Gasteiger partial charge on any atom is 0.306 e. The summed E-state index contributed by atoms with van der Waals surface area (Å²) >= 11 is 0. The van der Waals surface area contributed by atoms with Crippen molar-refractivity contribution >= 4 is 19.8 Å². The number of phosphoric acid groups is 1. The second-order valence-corrected chi connectivity index (χ2v) is 19.9. The molecule has 0 aliphatic heterocycles. The molecule has 70 heavy (non-hydrogen) atoms. The molecule has 9 nitrogen and oxygen atoms in total. The highest BCUT2D eigenvalue weighted by Crippen LogP contribution is 2.38. The van der Waals surface area contributed by atoms with Gasteiger partial charge in [-0.05, 0) is 109 Å². The van der Waals surface area contributed by atoms with Crippen molar-refractivity contribution in [1.29, 1.82) is 0 Å². The van der Waals surface area contributed by atoms with Crippen molar-refractivity contribution in [3.8, 4) is 0 Å². The summed E-state index contributed by atoms with van der Waals surface area (Å²) in [5.41, 5.74) is 0. The molecular formula is C60H98NO8P. The molecule has 0 spiro atoms. The summed E-state index contributed by atoms with van der Waals surface area (Å²) in [7, 11) is 1.10. The van der Waals surface area contributed by atoms with E-state index in [1.54, 1.807) is 0 Å².